The average Bonchev–Trinajstić information content (AvgIpc) is 2.79. The molecule has 0 aliphatic carbocycles. The van der Waals surface area contributed by atoms with Crippen LogP contribution in [0.3, 0.4) is 0 Å². The smallest absolute Gasteiger partial charge is 0.164 e. The van der Waals surface area contributed by atoms with Crippen molar-refractivity contribution in [3.8, 4) is 0 Å². The van der Waals surface area contributed by atoms with Gasteiger partial charge in [-0.3, -0.25) is 0 Å². The Hall–Kier alpha value is -2.70. The van der Waals surface area contributed by atoms with Gasteiger partial charge in [-0.25, -0.2) is 0 Å². The summed E-state index contributed by atoms with van der Waals surface area (Å²) < 4.78 is 9.53. The first-order chi connectivity index (χ1) is 13.4. The minimum Gasteiger partial charge on any atom is -0.195 e. The fraction of sp³-hybridized carbons (Fsp3) is 0. The van der Waals surface area contributed by atoms with Crippen LogP contribution in [0, 0.1) is 0 Å². The summed E-state index contributed by atoms with van der Waals surface area (Å²) in [6.45, 7) is 0. The van der Waals surface area contributed by atoms with Gasteiger partial charge in [0, 0.05) is 0 Å². The second kappa shape index (κ2) is 9.30. The van der Waals surface area contributed by atoms with Crippen molar-refractivity contribution in [3.05, 3.63) is 121 Å². The second-order valence-corrected chi connectivity index (χ2v) is 6.51. The summed E-state index contributed by atoms with van der Waals surface area (Å²) in [4.78, 5) is 0. The summed E-state index contributed by atoms with van der Waals surface area (Å²) in [5.74, 6) is 0. The maximum Gasteiger partial charge on any atom is 0.164 e. The molecular formula is C24H23BFP. The number of hydrogen-bond donors (Lipinski definition) is 0. The van der Waals surface area contributed by atoms with Crippen molar-refractivity contribution in [2.75, 3.05) is 0 Å². The van der Waals surface area contributed by atoms with E-state index < -0.39 is 6.15 Å². The molecule has 1 unspecified atom stereocenters. The van der Waals surface area contributed by atoms with Crippen molar-refractivity contribution < 1.29 is 4.20 Å². The van der Waals surface area contributed by atoms with Gasteiger partial charge in [-0.1, -0.05) is 126 Å². The number of halogens is 1. The summed E-state index contributed by atoms with van der Waals surface area (Å²) in [7, 11) is 0.361. The lowest BCUT2D eigenvalue weighted by molar-refractivity contribution is 0.941. The highest BCUT2D eigenvalue weighted by molar-refractivity contribution is 7.19. The molecular weight excluding hydrogens is 349 g/mol. The lowest BCUT2D eigenvalue weighted by Crippen LogP contribution is -2.74. The van der Waals surface area contributed by atoms with E-state index in [1.807, 2.05) is 0 Å². The molecule has 4 aromatic carbocycles. The summed E-state index contributed by atoms with van der Waals surface area (Å²) in [5.41, 5.74) is 5.36. The zero-order valence-corrected chi connectivity index (χ0v) is 16.6. The van der Waals surface area contributed by atoms with E-state index in [0.717, 1.165) is 0 Å². The Morgan fingerprint density at radius 1 is 0.370 bits per heavy atom. The molecule has 134 valence electrons. The number of rotatable bonds is 4. The molecule has 0 N–H and O–H groups in total. The first-order valence-electron chi connectivity index (χ1n) is 9.06. The third-order valence-corrected chi connectivity index (χ3v) is 5.20. The van der Waals surface area contributed by atoms with Gasteiger partial charge in [0.2, 0.25) is 0 Å². The maximum atomic E-state index is 9.53. The van der Waals surface area contributed by atoms with Gasteiger partial charge >= 0.3 is 0 Å². The fourth-order valence-electron chi connectivity index (χ4n) is 4.12. The Bertz CT molecular complexity index is 765. The maximum absolute atomic E-state index is 9.53. The molecule has 0 heterocycles. The molecule has 1 atom stereocenters. The van der Waals surface area contributed by atoms with Crippen LogP contribution in [0.15, 0.2) is 121 Å². The van der Waals surface area contributed by atoms with Crippen LogP contribution in [0.4, 0.5) is 4.20 Å². The van der Waals surface area contributed by atoms with Gasteiger partial charge in [0.1, 0.15) is 6.15 Å². The SMILES string of the molecule is F[PH3+].c1ccc([B-](c2ccccc2)(c2ccccc2)c2ccccc2)cc1. The molecule has 0 nitrogen and oxygen atoms in total. The van der Waals surface area contributed by atoms with Crippen LogP contribution < -0.4 is 21.9 Å². The third kappa shape index (κ3) is 3.72. The number of hydrogen-bond acceptors (Lipinski definition) is 0. The van der Waals surface area contributed by atoms with Crippen LogP contribution in [0.2, 0.25) is 0 Å². The first kappa shape index (κ1) is 19.1. The molecule has 0 amide bonds. The lowest BCUT2D eigenvalue weighted by Gasteiger charge is -2.44. The summed E-state index contributed by atoms with van der Waals surface area (Å²) >= 11 is 0. The molecule has 4 rings (SSSR count). The molecule has 4 aromatic rings. The van der Waals surface area contributed by atoms with Gasteiger partial charge in [0.05, 0.1) is 0 Å². The normalized spacial score (nSPS) is 10.7. The average molecular weight is 372 g/mol. The van der Waals surface area contributed by atoms with Crippen LogP contribution in [0.5, 0.6) is 0 Å². The zero-order valence-electron chi connectivity index (χ0n) is 15.2. The van der Waals surface area contributed by atoms with Crippen LogP contribution >= 0.6 is 9.55 Å². The van der Waals surface area contributed by atoms with E-state index in [1.54, 1.807) is 0 Å². The third-order valence-electron chi connectivity index (χ3n) is 5.20. The summed E-state index contributed by atoms with van der Waals surface area (Å²) in [6.07, 6.45) is -1.22. The highest BCUT2D eigenvalue weighted by Gasteiger charge is 2.30. The molecule has 0 saturated carbocycles. The minimum absolute atomic E-state index is 0.361. The predicted octanol–water partition coefficient (Wildman–Crippen LogP) is 3.54. The largest absolute Gasteiger partial charge is 0.195 e. The molecule has 0 aliphatic heterocycles. The lowest BCUT2D eigenvalue weighted by atomic mass is 9.13. The fourth-order valence-corrected chi connectivity index (χ4v) is 4.12. The van der Waals surface area contributed by atoms with Gasteiger partial charge in [-0.05, 0) is 0 Å². The van der Waals surface area contributed by atoms with Crippen LogP contribution in [0.25, 0.3) is 0 Å². The quantitative estimate of drug-likeness (QED) is 0.380. The molecule has 0 bridgehead atoms. The van der Waals surface area contributed by atoms with E-state index in [1.165, 1.54) is 21.9 Å². The highest BCUT2D eigenvalue weighted by atomic mass is 31.1. The van der Waals surface area contributed by atoms with Gasteiger partial charge in [-0.2, -0.15) is 21.9 Å². The van der Waals surface area contributed by atoms with Crippen molar-refractivity contribution in [3.63, 3.8) is 0 Å². The zero-order chi connectivity index (χ0) is 19.0. The van der Waals surface area contributed by atoms with Gasteiger partial charge in [0.25, 0.3) is 0 Å². The van der Waals surface area contributed by atoms with Crippen molar-refractivity contribution in [1.29, 1.82) is 0 Å². The topological polar surface area (TPSA) is 0 Å². The van der Waals surface area contributed by atoms with Crippen molar-refractivity contribution >= 4 is 37.5 Å². The standard InChI is InChI=1S/C24H20B.FH3P/c1-5-13-21(14-6-1)25(22-15-7-2-8-16-22,23-17-9-3-10-18-23)24-19-11-4-12-20-24;1-2/h1-20H;2H3/q-1;+1. The van der Waals surface area contributed by atoms with Crippen LogP contribution in [-0.4, -0.2) is 6.15 Å². The van der Waals surface area contributed by atoms with Gasteiger partial charge in [-0.15, -0.1) is 0 Å². The van der Waals surface area contributed by atoms with E-state index in [0.29, 0.717) is 9.55 Å². The molecule has 0 saturated heterocycles. The first-order valence-corrected chi connectivity index (χ1v) is 9.60. The molecule has 27 heavy (non-hydrogen) atoms. The molecule has 0 spiro atoms. The molecule has 3 heteroatoms. The van der Waals surface area contributed by atoms with E-state index in [2.05, 4.69) is 121 Å². The molecule has 0 radical (unpaired) electrons. The van der Waals surface area contributed by atoms with E-state index in [4.69, 9.17) is 0 Å². The molecule has 0 fully saturated rings. The minimum atomic E-state index is -1.22. The Labute approximate surface area is 163 Å². The predicted molar refractivity (Wildman–Crippen MR) is 122 cm³/mol. The van der Waals surface area contributed by atoms with Crippen LogP contribution in [-0.2, 0) is 0 Å². The Balaban J connectivity index is 0.00000102. The van der Waals surface area contributed by atoms with Crippen molar-refractivity contribution in [2.24, 2.45) is 0 Å². The number of benzene rings is 4. The van der Waals surface area contributed by atoms with E-state index in [9.17, 15) is 4.20 Å². The molecule has 0 aliphatic rings. The summed E-state index contributed by atoms with van der Waals surface area (Å²) in [5, 5.41) is 0. The highest BCUT2D eigenvalue weighted by Crippen LogP contribution is 2.09. The Morgan fingerprint density at radius 2 is 0.556 bits per heavy atom. The monoisotopic (exact) mass is 372 g/mol. The van der Waals surface area contributed by atoms with Gasteiger partial charge in [0.15, 0.2) is 9.55 Å². The van der Waals surface area contributed by atoms with Crippen LogP contribution in [0.1, 0.15) is 0 Å². The summed E-state index contributed by atoms with van der Waals surface area (Å²) in [6, 6.07) is 43.5. The molecule has 0 aromatic heterocycles. The van der Waals surface area contributed by atoms with Gasteiger partial charge < -0.3 is 0 Å². The van der Waals surface area contributed by atoms with E-state index in [-0.39, 0.29) is 0 Å². The second-order valence-electron chi connectivity index (χ2n) is 6.51. The van der Waals surface area contributed by atoms with E-state index >= 15 is 0 Å². The van der Waals surface area contributed by atoms with Crippen molar-refractivity contribution in [2.45, 2.75) is 0 Å². The Kier molecular flexibility index (Phi) is 6.57. The van der Waals surface area contributed by atoms with Crippen molar-refractivity contribution in [1.82, 2.24) is 0 Å². The Morgan fingerprint density at radius 3 is 0.741 bits per heavy atom.